The van der Waals surface area contributed by atoms with Gasteiger partial charge in [-0.15, -0.1) is 5.10 Å². The summed E-state index contributed by atoms with van der Waals surface area (Å²) in [5, 5.41) is 17.3. The molecule has 0 radical (unpaired) electrons. The third kappa shape index (κ3) is 3.86. The van der Waals surface area contributed by atoms with Crippen molar-refractivity contribution < 1.29 is 9.18 Å². The zero-order chi connectivity index (χ0) is 21.1. The Hall–Kier alpha value is -4.14. The van der Waals surface area contributed by atoms with E-state index in [2.05, 4.69) is 31.1 Å². The maximum atomic E-state index is 14.0. The average molecular weight is 403 g/mol. The van der Waals surface area contributed by atoms with E-state index in [1.54, 1.807) is 54.1 Å². The van der Waals surface area contributed by atoms with Crippen molar-refractivity contribution in [3.63, 3.8) is 0 Å². The number of hydrogen-bond acceptors (Lipinski definition) is 6. The number of carbonyl (C=O) groups is 1. The van der Waals surface area contributed by atoms with E-state index in [1.807, 2.05) is 13.0 Å². The molecule has 0 saturated heterocycles. The molecule has 0 fully saturated rings. The summed E-state index contributed by atoms with van der Waals surface area (Å²) in [5.74, 6) is 0.0636. The van der Waals surface area contributed by atoms with Crippen LogP contribution in [0.2, 0.25) is 0 Å². The Morgan fingerprint density at radius 2 is 1.90 bits per heavy atom. The summed E-state index contributed by atoms with van der Waals surface area (Å²) in [6.07, 6.45) is 1.53. The second kappa shape index (κ2) is 8.08. The van der Waals surface area contributed by atoms with E-state index in [1.165, 1.54) is 12.3 Å². The molecule has 30 heavy (non-hydrogen) atoms. The minimum atomic E-state index is -0.436. The van der Waals surface area contributed by atoms with Crippen molar-refractivity contribution in [3.05, 3.63) is 83.6 Å². The molecule has 2 aromatic heterocycles. The molecule has 9 heteroatoms. The average Bonchev–Trinajstić information content (AvgIpc) is 3.17. The molecule has 150 valence electrons. The smallest absolute Gasteiger partial charge is 0.259 e. The number of rotatable bonds is 5. The second-order valence-electron chi connectivity index (χ2n) is 6.60. The molecule has 0 spiro atoms. The predicted octanol–water partition coefficient (Wildman–Crippen LogP) is 3.81. The van der Waals surface area contributed by atoms with Crippen LogP contribution in [0.15, 0.2) is 60.8 Å². The van der Waals surface area contributed by atoms with Crippen LogP contribution in [0, 0.1) is 19.7 Å². The number of benzene rings is 2. The molecular formula is C21H18FN7O. The van der Waals surface area contributed by atoms with Crippen LogP contribution in [0.1, 0.15) is 21.7 Å². The fourth-order valence-electron chi connectivity index (χ4n) is 2.95. The number of aryl methyl sites for hydroxylation is 2. The zero-order valence-corrected chi connectivity index (χ0v) is 16.3. The molecule has 2 N–H and O–H groups in total. The van der Waals surface area contributed by atoms with Gasteiger partial charge in [0, 0.05) is 11.9 Å². The van der Waals surface area contributed by atoms with Crippen LogP contribution in [-0.2, 0) is 0 Å². The summed E-state index contributed by atoms with van der Waals surface area (Å²) in [4.78, 5) is 17.1. The second-order valence-corrected chi connectivity index (χ2v) is 6.60. The summed E-state index contributed by atoms with van der Waals surface area (Å²) < 4.78 is 15.6. The Morgan fingerprint density at radius 3 is 2.67 bits per heavy atom. The van der Waals surface area contributed by atoms with E-state index >= 15 is 0 Å². The lowest BCUT2D eigenvalue weighted by atomic mass is 10.1. The van der Waals surface area contributed by atoms with Gasteiger partial charge in [0.05, 0.1) is 16.9 Å². The van der Waals surface area contributed by atoms with Crippen molar-refractivity contribution in [2.45, 2.75) is 13.8 Å². The van der Waals surface area contributed by atoms with Crippen molar-refractivity contribution in [1.82, 2.24) is 25.2 Å². The van der Waals surface area contributed by atoms with Crippen molar-refractivity contribution in [1.29, 1.82) is 0 Å². The number of nitrogens with one attached hydrogen (secondary N) is 2. The van der Waals surface area contributed by atoms with Gasteiger partial charge >= 0.3 is 0 Å². The Balaban J connectivity index is 1.61. The number of pyridine rings is 1. The maximum Gasteiger partial charge on any atom is 0.259 e. The lowest BCUT2D eigenvalue weighted by Gasteiger charge is -2.13. The van der Waals surface area contributed by atoms with E-state index < -0.39 is 5.82 Å². The molecule has 0 unspecified atom stereocenters. The largest absolute Gasteiger partial charge is 0.337 e. The highest BCUT2D eigenvalue weighted by molar-refractivity contribution is 6.07. The van der Waals surface area contributed by atoms with Gasteiger partial charge in [-0.3, -0.25) is 4.79 Å². The molecule has 1 amide bonds. The summed E-state index contributed by atoms with van der Waals surface area (Å²) >= 11 is 0. The fourth-order valence-corrected chi connectivity index (χ4v) is 2.95. The van der Waals surface area contributed by atoms with Gasteiger partial charge in [0.2, 0.25) is 0 Å². The van der Waals surface area contributed by atoms with Crippen molar-refractivity contribution in [2.75, 3.05) is 10.6 Å². The number of anilines is 3. The van der Waals surface area contributed by atoms with Crippen LogP contribution in [0.25, 0.3) is 5.69 Å². The predicted molar refractivity (Wildman–Crippen MR) is 111 cm³/mol. The quantitative estimate of drug-likeness (QED) is 0.526. The first-order valence-corrected chi connectivity index (χ1v) is 9.17. The number of nitrogens with zero attached hydrogens (tertiary/aromatic N) is 5. The molecule has 0 aliphatic carbocycles. The SMILES string of the molecule is Cc1ccc(NC(=O)c2cccnc2Nc2ccccc2F)cc1-n1nnnc1C. The fraction of sp³-hybridized carbons (Fsp3) is 0.0952. The lowest BCUT2D eigenvalue weighted by molar-refractivity contribution is 0.102. The lowest BCUT2D eigenvalue weighted by Crippen LogP contribution is -2.15. The van der Waals surface area contributed by atoms with Crippen LogP contribution >= 0.6 is 0 Å². The van der Waals surface area contributed by atoms with Crippen LogP contribution in [0.5, 0.6) is 0 Å². The summed E-state index contributed by atoms with van der Waals surface area (Å²) in [7, 11) is 0. The van der Waals surface area contributed by atoms with Crippen LogP contribution < -0.4 is 10.6 Å². The van der Waals surface area contributed by atoms with Gasteiger partial charge in [0.15, 0.2) is 5.82 Å². The number of halogens is 1. The van der Waals surface area contributed by atoms with Crippen LogP contribution in [0.4, 0.5) is 21.6 Å². The maximum absolute atomic E-state index is 14.0. The molecule has 4 rings (SSSR count). The van der Waals surface area contributed by atoms with E-state index in [0.717, 1.165) is 11.3 Å². The van der Waals surface area contributed by atoms with Crippen molar-refractivity contribution >= 4 is 23.1 Å². The van der Waals surface area contributed by atoms with Crippen molar-refractivity contribution in [2.24, 2.45) is 0 Å². The molecule has 0 aliphatic rings. The first kappa shape index (κ1) is 19.2. The number of amides is 1. The Labute approximate surface area is 171 Å². The third-order valence-corrected chi connectivity index (χ3v) is 4.50. The normalized spacial score (nSPS) is 10.6. The summed E-state index contributed by atoms with van der Waals surface area (Å²) in [6, 6.07) is 14.9. The minimum absolute atomic E-state index is 0.233. The van der Waals surface area contributed by atoms with Crippen LogP contribution in [0.3, 0.4) is 0 Å². The highest BCUT2D eigenvalue weighted by Crippen LogP contribution is 2.23. The van der Waals surface area contributed by atoms with E-state index in [0.29, 0.717) is 11.5 Å². The minimum Gasteiger partial charge on any atom is -0.337 e. The first-order valence-electron chi connectivity index (χ1n) is 9.17. The van der Waals surface area contributed by atoms with Gasteiger partial charge in [-0.2, -0.15) is 4.68 Å². The molecule has 0 saturated carbocycles. The molecule has 0 atom stereocenters. The van der Waals surface area contributed by atoms with Gasteiger partial charge in [-0.1, -0.05) is 18.2 Å². The summed E-state index contributed by atoms with van der Waals surface area (Å²) in [5.41, 5.74) is 2.78. The van der Waals surface area contributed by atoms with Gasteiger partial charge in [0.25, 0.3) is 5.91 Å². The van der Waals surface area contributed by atoms with E-state index in [4.69, 9.17) is 0 Å². The number of aromatic nitrogens is 5. The van der Waals surface area contributed by atoms with Gasteiger partial charge in [0.1, 0.15) is 11.6 Å². The van der Waals surface area contributed by atoms with Gasteiger partial charge in [-0.05, 0) is 66.2 Å². The zero-order valence-electron chi connectivity index (χ0n) is 16.3. The number of carbonyl (C=O) groups excluding carboxylic acids is 1. The molecule has 4 aromatic rings. The molecular weight excluding hydrogens is 385 g/mol. The van der Waals surface area contributed by atoms with E-state index in [9.17, 15) is 9.18 Å². The first-order chi connectivity index (χ1) is 14.5. The Morgan fingerprint density at radius 1 is 1.07 bits per heavy atom. The molecule has 8 nitrogen and oxygen atoms in total. The van der Waals surface area contributed by atoms with Gasteiger partial charge in [-0.25, -0.2) is 9.37 Å². The third-order valence-electron chi connectivity index (χ3n) is 4.50. The molecule has 2 aromatic carbocycles. The Kier molecular flexibility index (Phi) is 5.17. The highest BCUT2D eigenvalue weighted by Gasteiger charge is 2.15. The monoisotopic (exact) mass is 403 g/mol. The van der Waals surface area contributed by atoms with Crippen LogP contribution in [-0.4, -0.2) is 31.1 Å². The standard InChI is InChI=1S/C21H18FN7O/c1-13-9-10-15(12-19(13)29-14(2)26-27-28-29)24-21(30)16-6-5-11-23-20(16)25-18-8-4-3-7-17(18)22/h3-12H,1-2H3,(H,23,25)(H,24,30). The number of para-hydroxylation sites is 1. The number of tetrazole rings is 1. The Bertz CT molecular complexity index is 1220. The summed E-state index contributed by atoms with van der Waals surface area (Å²) in [6.45, 7) is 3.72. The highest BCUT2D eigenvalue weighted by atomic mass is 19.1. The number of hydrogen-bond donors (Lipinski definition) is 2. The molecule has 2 heterocycles. The van der Waals surface area contributed by atoms with Crippen molar-refractivity contribution in [3.8, 4) is 5.69 Å². The van der Waals surface area contributed by atoms with E-state index in [-0.39, 0.29) is 23.0 Å². The topological polar surface area (TPSA) is 97.6 Å². The van der Waals surface area contributed by atoms with Gasteiger partial charge < -0.3 is 10.6 Å². The molecule has 0 aliphatic heterocycles. The molecule has 0 bridgehead atoms.